The highest BCUT2D eigenvalue weighted by Gasteiger charge is 2.08. The molecular formula is C13H21NOS. The maximum Gasteiger partial charge on any atom is 0.0620 e. The second kappa shape index (κ2) is 6.04. The summed E-state index contributed by atoms with van der Waals surface area (Å²) in [6.45, 7) is 6.36. The van der Waals surface area contributed by atoms with Gasteiger partial charge in [-0.05, 0) is 37.0 Å². The van der Waals surface area contributed by atoms with Crippen molar-refractivity contribution in [2.45, 2.75) is 38.5 Å². The number of hydrogen-bond acceptors (Lipinski definition) is 2. The first-order chi connectivity index (χ1) is 7.50. The molecule has 0 aliphatic carbocycles. The summed E-state index contributed by atoms with van der Waals surface area (Å²) in [5.74, 6) is 1.39. The van der Waals surface area contributed by atoms with Crippen LogP contribution in [0.15, 0.2) is 23.1 Å². The highest BCUT2D eigenvalue weighted by Crippen LogP contribution is 2.19. The van der Waals surface area contributed by atoms with Crippen LogP contribution >= 0.6 is 0 Å². The molecule has 16 heavy (non-hydrogen) atoms. The predicted octanol–water partition coefficient (Wildman–Crippen LogP) is 3.12. The van der Waals surface area contributed by atoms with Crippen LogP contribution in [0.5, 0.6) is 0 Å². The van der Waals surface area contributed by atoms with E-state index in [1.54, 1.807) is 0 Å². The SMILES string of the molecule is Cc1ccc(N)c(S(=O)CCCC(C)C)c1. The Morgan fingerprint density at radius 2 is 2.06 bits per heavy atom. The van der Waals surface area contributed by atoms with Crippen LogP contribution in [0.25, 0.3) is 0 Å². The molecule has 0 spiro atoms. The van der Waals surface area contributed by atoms with Crippen molar-refractivity contribution in [3.63, 3.8) is 0 Å². The van der Waals surface area contributed by atoms with Crippen molar-refractivity contribution in [3.05, 3.63) is 23.8 Å². The monoisotopic (exact) mass is 239 g/mol. The zero-order chi connectivity index (χ0) is 12.1. The minimum atomic E-state index is -0.947. The van der Waals surface area contributed by atoms with E-state index in [0.29, 0.717) is 17.4 Å². The van der Waals surface area contributed by atoms with Crippen molar-refractivity contribution in [2.24, 2.45) is 5.92 Å². The molecule has 1 unspecified atom stereocenters. The molecule has 1 aromatic carbocycles. The van der Waals surface area contributed by atoms with Gasteiger partial charge in [0.05, 0.1) is 15.7 Å². The summed E-state index contributed by atoms with van der Waals surface area (Å²) < 4.78 is 12.0. The van der Waals surface area contributed by atoms with Crippen molar-refractivity contribution < 1.29 is 4.21 Å². The highest BCUT2D eigenvalue weighted by atomic mass is 32.2. The molecule has 0 amide bonds. The van der Waals surface area contributed by atoms with E-state index in [1.165, 1.54) is 0 Å². The normalized spacial score (nSPS) is 13.0. The number of anilines is 1. The number of nitrogen functional groups attached to an aromatic ring is 1. The lowest BCUT2D eigenvalue weighted by Crippen LogP contribution is -2.03. The first-order valence-corrected chi connectivity index (χ1v) is 7.07. The van der Waals surface area contributed by atoms with Crippen molar-refractivity contribution in [1.82, 2.24) is 0 Å². The molecule has 2 nitrogen and oxygen atoms in total. The molecule has 0 heterocycles. The second-order valence-corrected chi connectivity index (χ2v) is 6.17. The zero-order valence-electron chi connectivity index (χ0n) is 10.3. The standard InChI is InChI=1S/C13H21NOS/c1-10(2)5-4-8-16(15)13-9-11(3)6-7-12(13)14/h6-7,9-10H,4-5,8,14H2,1-3H3. The first-order valence-electron chi connectivity index (χ1n) is 5.75. The van der Waals surface area contributed by atoms with Gasteiger partial charge in [0.15, 0.2) is 0 Å². The first kappa shape index (κ1) is 13.2. The average molecular weight is 239 g/mol. The van der Waals surface area contributed by atoms with Gasteiger partial charge in [-0.2, -0.15) is 0 Å². The third-order valence-electron chi connectivity index (χ3n) is 2.53. The summed E-state index contributed by atoms with van der Waals surface area (Å²) >= 11 is 0. The van der Waals surface area contributed by atoms with Gasteiger partial charge in [-0.1, -0.05) is 26.3 Å². The fraction of sp³-hybridized carbons (Fsp3) is 0.538. The van der Waals surface area contributed by atoms with Gasteiger partial charge in [0.1, 0.15) is 0 Å². The minimum absolute atomic E-state index is 0.647. The van der Waals surface area contributed by atoms with E-state index in [2.05, 4.69) is 13.8 Å². The molecule has 3 heteroatoms. The molecule has 90 valence electrons. The Morgan fingerprint density at radius 1 is 1.38 bits per heavy atom. The lowest BCUT2D eigenvalue weighted by atomic mass is 10.1. The van der Waals surface area contributed by atoms with Crippen LogP contribution in [0, 0.1) is 12.8 Å². The van der Waals surface area contributed by atoms with Crippen molar-refractivity contribution in [2.75, 3.05) is 11.5 Å². The summed E-state index contributed by atoms with van der Waals surface area (Å²) in [4.78, 5) is 0.795. The van der Waals surface area contributed by atoms with E-state index >= 15 is 0 Å². The van der Waals surface area contributed by atoms with Crippen LogP contribution < -0.4 is 5.73 Å². The van der Waals surface area contributed by atoms with E-state index in [0.717, 1.165) is 23.3 Å². The van der Waals surface area contributed by atoms with Crippen LogP contribution in [0.3, 0.4) is 0 Å². The van der Waals surface area contributed by atoms with E-state index in [4.69, 9.17) is 5.73 Å². The highest BCUT2D eigenvalue weighted by molar-refractivity contribution is 7.85. The molecule has 1 atom stereocenters. The largest absolute Gasteiger partial charge is 0.398 e. The number of aryl methyl sites for hydroxylation is 1. The van der Waals surface area contributed by atoms with Gasteiger partial charge in [0.25, 0.3) is 0 Å². The molecule has 0 saturated carbocycles. The van der Waals surface area contributed by atoms with E-state index < -0.39 is 10.8 Å². The molecule has 1 aromatic rings. The number of nitrogens with two attached hydrogens (primary N) is 1. The Hall–Kier alpha value is -0.830. The number of hydrogen-bond donors (Lipinski definition) is 1. The smallest absolute Gasteiger partial charge is 0.0620 e. The van der Waals surface area contributed by atoms with Gasteiger partial charge in [-0.25, -0.2) is 0 Å². The lowest BCUT2D eigenvalue weighted by molar-refractivity contribution is 0.575. The molecular weight excluding hydrogens is 218 g/mol. The predicted molar refractivity (Wildman–Crippen MR) is 70.9 cm³/mol. The molecule has 0 saturated heterocycles. The summed E-state index contributed by atoms with van der Waals surface area (Å²) in [6, 6.07) is 5.72. The summed E-state index contributed by atoms with van der Waals surface area (Å²) in [6.07, 6.45) is 2.12. The van der Waals surface area contributed by atoms with Crippen LogP contribution in [0.2, 0.25) is 0 Å². The third-order valence-corrected chi connectivity index (χ3v) is 4.03. The van der Waals surface area contributed by atoms with E-state index in [-0.39, 0.29) is 0 Å². The van der Waals surface area contributed by atoms with Gasteiger partial charge in [-0.3, -0.25) is 4.21 Å². The fourth-order valence-electron chi connectivity index (χ4n) is 1.57. The Bertz CT molecular complexity index is 374. The minimum Gasteiger partial charge on any atom is -0.398 e. The van der Waals surface area contributed by atoms with Gasteiger partial charge in [-0.15, -0.1) is 0 Å². The maximum atomic E-state index is 12.0. The summed E-state index contributed by atoms with van der Waals surface area (Å²) in [5.41, 5.74) is 7.59. The Balaban J connectivity index is 2.62. The Kier molecular flexibility index (Phi) is 5.00. The summed E-state index contributed by atoms with van der Waals surface area (Å²) in [7, 11) is -0.947. The van der Waals surface area contributed by atoms with Crippen molar-refractivity contribution >= 4 is 16.5 Å². The molecule has 0 radical (unpaired) electrons. The topological polar surface area (TPSA) is 43.1 Å². The Labute approximate surface area is 101 Å². The van der Waals surface area contributed by atoms with Crippen LogP contribution in [-0.4, -0.2) is 9.96 Å². The summed E-state index contributed by atoms with van der Waals surface area (Å²) in [5, 5.41) is 0. The van der Waals surface area contributed by atoms with Gasteiger partial charge in [0, 0.05) is 11.4 Å². The molecule has 2 N–H and O–H groups in total. The zero-order valence-corrected chi connectivity index (χ0v) is 11.1. The molecule has 0 aliphatic rings. The van der Waals surface area contributed by atoms with E-state index in [9.17, 15) is 4.21 Å². The number of rotatable bonds is 5. The molecule has 0 aromatic heterocycles. The molecule has 0 bridgehead atoms. The fourth-order valence-corrected chi connectivity index (χ4v) is 2.87. The van der Waals surface area contributed by atoms with Crippen molar-refractivity contribution in [1.29, 1.82) is 0 Å². The molecule has 0 fully saturated rings. The van der Waals surface area contributed by atoms with Gasteiger partial charge < -0.3 is 5.73 Å². The van der Waals surface area contributed by atoms with E-state index in [1.807, 2.05) is 25.1 Å². The average Bonchev–Trinajstić information content (AvgIpc) is 2.21. The van der Waals surface area contributed by atoms with Crippen LogP contribution in [0.1, 0.15) is 32.3 Å². The number of benzene rings is 1. The van der Waals surface area contributed by atoms with Gasteiger partial charge >= 0.3 is 0 Å². The molecule has 1 rings (SSSR count). The van der Waals surface area contributed by atoms with Crippen LogP contribution in [0.4, 0.5) is 5.69 Å². The quantitative estimate of drug-likeness (QED) is 0.802. The lowest BCUT2D eigenvalue weighted by Gasteiger charge is -2.08. The maximum absolute atomic E-state index is 12.0. The van der Waals surface area contributed by atoms with Crippen LogP contribution in [-0.2, 0) is 10.8 Å². The van der Waals surface area contributed by atoms with Gasteiger partial charge in [0.2, 0.25) is 0 Å². The van der Waals surface area contributed by atoms with Crippen molar-refractivity contribution in [3.8, 4) is 0 Å². The Morgan fingerprint density at radius 3 is 2.69 bits per heavy atom. The molecule has 0 aliphatic heterocycles. The third kappa shape index (κ3) is 3.97. The second-order valence-electron chi connectivity index (χ2n) is 4.63.